The van der Waals surface area contributed by atoms with E-state index in [0.717, 1.165) is 25.0 Å². The van der Waals surface area contributed by atoms with Gasteiger partial charge in [0.1, 0.15) is 0 Å². The summed E-state index contributed by atoms with van der Waals surface area (Å²) >= 11 is 0. The summed E-state index contributed by atoms with van der Waals surface area (Å²) in [4.78, 5) is 22.6. The zero-order chi connectivity index (χ0) is 27.7. The van der Waals surface area contributed by atoms with E-state index in [1.807, 2.05) is 29.4 Å². The highest BCUT2D eigenvalue weighted by atomic mass is 32.2. The Morgan fingerprint density at radius 3 is 2.55 bits per heavy atom. The van der Waals surface area contributed by atoms with Gasteiger partial charge in [0.05, 0.1) is 21.6 Å². The Bertz CT molecular complexity index is 1450. The molecule has 1 aromatic heterocycles. The van der Waals surface area contributed by atoms with E-state index in [-0.39, 0.29) is 21.1 Å². The van der Waals surface area contributed by atoms with Crippen molar-refractivity contribution in [2.75, 3.05) is 22.5 Å². The second kappa shape index (κ2) is 10.7. The number of nitrogens with two attached hydrogens (primary N) is 1. The number of piperidine rings is 1. The molecular weight excluding hydrogens is 523 g/mol. The molecular formula is C25H28F3N5O4S. The SMILES string of the molecule is CC(C)=CCn1c(N2CCC[C@@H](N)C2)nc2ccc(N(OC(=O)C(F)(F)F)S(=O)(=O)c3ccccc3)cc21. The van der Waals surface area contributed by atoms with Crippen LogP contribution in [-0.2, 0) is 26.2 Å². The molecule has 0 aliphatic carbocycles. The van der Waals surface area contributed by atoms with Crippen LogP contribution in [0, 0.1) is 0 Å². The van der Waals surface area contributed by atoms with E-state index in [9.17, 15) is 26.4 Å². The maximum Gasteiger partial charge on any atom is 0.493 e. The lowest BCUT2D eigenvalue weighted by Gasteiger charge is -2.31. The number of hydrogen-bond acceptors (Lipinski definition) is 7. The van der Waals surface area contributed by atoms with Gasteiger partial charge in [0, 0.05) is 25.7 Å². The van der Waals surface area contributed by atoms with E-state index in [0.29, 0.717) is 30.1 Å². The van der Waals surface area contributed by atoms with Crippen LogP contribution in [0.3, 0.4) is 0 Å². The minimum Gasteiger partial charge on any atom is -0.341 e. The summed E-state index contributed by atoms with van der Waals surface area (Å²) < 4.78 is 67.9. The maximum atomic E-state index is 13.3. The molecule has 0 unspecified atom stereocenters. The average Bonchev–Trinajstić information content (AvgIpc) is 3.23. The summed E-state index contributed by atoms with van der Waals surface area (Å²) in [6.45, 7) is 5.51. The van der Waals surface area contributed by atoms with Crippen LogP contribution in [0.4, 0.5) is 24.8 Å². The van der Waals surface area contributed by atoms with E-state index >= 15 is 0 Å². The summed E-state index contributed by atoms with van der Waals surface area (Å²) in [5.41, 5.74) is 7.84. The number of alkyl halides is 3. The molecule has 0 bridgehead atoms. The minimum absolute atomic E-state index is 0.00628. The van der Waals surface area contributed by atoms with Crippen LogP contribution in [0.15, 0.2) is 65.1 Å². The largest absolute Gasteiger partial charge is 0.493 e. The third-order valence-electron chi connectivity index (χ3n) is 6.00. The van der Waals surface area contributed by atoms with Crippen LogP contribution in [-0.4, -0.2) is 49.2 Å². The molecule has 1 saturated heterocycles. The fraction of sp³-hybridized carbons (Fsp3) is 0.360. The maximum absolute atomic E-state index is 13.3. The number of aromatic nitrogens is 2. The van der Waals surface area contributed by atoms with Gasteiger partial charge in [-0.15, -0.1) is 0 Å². The van der Waals surface area contributed by atoms with Crippen LogP contribution >= 0.6 is 0 Å². The van der Waals surface area contributed by atoms with Crippen molar-refractivity contribution in [3.8, 4) is 0 Å². The van der Waals surface area contributed by atoms with E-state index in [2.05, 4.69) is 4.84 Å². The number of fused-ring (bicyclic) bond motifs is 1. The molecule has 0 spiro atoms. The van der Waals surface area contributed by atoms with Crippen LogP contribution in [0.25, 0.3) is 11.0 Å². The molecule has 9 nitrogen and oxygen atoms in total. The van der Waals surface area contributed by atoms with Crippen molar-refractivity contribution in [1.29, 1.82) is 0 Å². The van der Waals surface area contributed by atoms with E-state index in [4.69, 9.17) is 10.7 Å². The second-order valence-electron chi connectivity index (χ2n) is 9.25. The molecule has 1 aliphatic heterocycles. The normalized spacial score (nSPS) is 16.4. The molecule has 13 heteroatoms. The number of allylic oxidation sites excluding steroid dienone is 2. The fourth-order valence-electron chi connectivity index (χ4n) is 4.15. The van der Waals surface area contributed by atoms with Gasteiger partial charge in [-0.1, -0.05) is 34.3 Å². The molecule has 1 atom stereocenters. The molecule has 0 saturated carbocycles. The Morgan fingerprint density at radius 1 is 1.21 bits per heavy atom. The smallest absolute Gasteiger partial charge is 0.341 e. The highest BCUT2D eigenvalue weighted by Crippen LogP contribution is 2.32. The predicted octanol–water partition coefficient (Wildman–Crippen LogP) is 4.15. The Morgan fingerprint density at radius 2 is 1.92 bits per heavy atom. The van der Waals surface area contributed by atoms with Crippen molar-refractivity contribution >= 4 is 38.7 Å². The molecule has 204 valence electrons. The number of halogens is 3. The van der Waals surface area contributed by atoms with Gasteiger partial charge in [-0.05, 0) is 57.0 Å². The van der Waals surface area contributed by atoms with Crippen molar-refractivity contribution in [2.24, 2.45) is 5.73 Å². The number of carbonyl (C=O) groups is 1. The highest BCUT2D eigenvalue weighted by Gasteiger charge is 2.45. The third kappa shape index (κ3) is 5.78. The van der Waals surface area contributed by atoms with Crippen molar-refractivity contribution in [3.05, 3.63) is 60.2 Å². The van der Waals surface area contributed by atoms with Crippen LogP contribution in [0.2, 0.25) is 0 Å². The van der Waals surface area contributed by atoms with Crippen LogP contribution in [0.5, 0.6) is 0 Å². The number of anilines is 2. The Hall–Kier alpha value is -3.58. The number of hydrogen-bond donors (Lipinski definition) is 1. The molecule has 3 aromatic rings. The first-order valence-corrected chi connectivity index (χ1v) is 13.4. The Labute approximate surface area is 218 Å². The summed E-state index contributed by atoms with van der Waals surface area (Å²) in [6, 6.07) is 10.8. The van der Waals surface area contributed by atoms with Gasteiger partial charge in [-0.3, -0.25) is 0 Å². The van der Waals surface area contributed by atoms with Crippen LogP contribution < -0.4 is 15.1 Å². The van der Waals surface area contributed by atoms with Crippen LogP contribution in [0.1, 0.15) is 26.7 Å². The number of nitrogens with zero attached hydrogens (tertiary/aromatic N) is 4. The van der Waals surface area contributed by atoms with Gasteiger partial charge < -0.3 is 20.0 Å². The number of imidazole rings is 1. The summed E-state index contributed by atoms with van der Waals surface area (Å²) in [6.07, 6.45) is -1.72. The van der Waals surface area contributed by atoms with Gasteiger partial charge in [0.2, 0.25) is 5.95 Å². The fourth-order valence-corrected chi connectivity index (χ4v) is 5.40. The lowest BCUT2D eigenvalue weighted by atomic mass is 10.1. The number of carbonyl (C=O) groups excluding carboxylic acids is 1. The predicted molar refractivity (Wildman–Crippen MR) is 137 cm³/mol. The van der Waals surface area contributed by atoms with Crippen molar-refractivity contribution in [1.82, 2.24) is 9.55 Å². The highest BCUT2D eigenvalue weighted by molar-refractivity contribution is 7.92. The Balaban J connectivity index is 1.87. The lowest BCUT2D eigenvalue weighted by Crippen LogP contribution is -2.43. The Kier molecular flexibility index (Phi) is 7.70. The lowest BCUT2D eigenvalue weighted by molar-refractivity contribution is -0.199. The average molecular weight is 552 g/mol. The van der Waals surface area contributed by atoms with Crippen molar-refractivity contribution < 1.29 is 31.2 Å². The first-order chi connectivity index (χ1) is 17.9. The molecule has 38 heavy (non-hydrogen) atoms. The zero-order valence-electron chi connectivity index (χ0n) is 20.9. The second-order valence-corrected chi connectivity index (χ2v) is 11.0. The van der Waals surface area contributed by atoms with Gasteiger partial charge in [0.15, 0.2) is 0 Å². The first-order valence-electron chi connectivity index (χ1n) is 11.9. The third-order valence-corrected chi connectivity index (χ3v) is 7.59. The molecule has 0 radical (unpaired) electrons. The molecule has 2 heterocycles. The number of benzene rings is 2. The van der Waals surface area contributed by atoms with Gasteiger partial charge in [-0.25, -0.2) is 9.78 Å². The topological polar surface area (TPSA) is 111 Å². The van der Waals surface area contributed by atoms with Gasteiger partial charge in [0.25, 0.3) is 10.0 Å². The van der Waals surface area contributed by atoms with Gasteiger partial charge >= 0.3 is 12.1 Å². The van der Waals surface area contributed by atoms with E-state index in [1.54, 1.807) is 6.07 Å². The van der Waals surface area contributed by atoms with Crippen molar-refractivity contribution in [2.45, 2.75) is 50.3 Å². The zero-order valence-corrected chi connectivity index (χ0v) is 21.7. The van der Waals surface area contributed by atoms with E-state index in [1.165, 1.54) is 42.5 Å². The quantitative estimate of drug-likeness (QED) is 0.347. The molecule has 1 fully saturated rings. The monoisotopic (exact) mass is 551 g/mol. The summed E-state index contributed by atoms with van der Waals surface area (Å²) in [5, 5.41) is 0. The molecule has 1 aliphatic rings. The molecule has 0 amide bonds. The molecule has 2 N–H and O–H groups in total. The first kappa shape index (κ1) is 27.5. The standard InChI is InChI=1S/C25H28F3N5O4S/c1-17(2)12-14-32-22-15-19(10-11-21(22)30-24(32)31-13-6-7-18(29)16-31)33(37-23(34)25(26,27)28)38(35,36)20-8-4-3-5-9-20/h3-5,8-12,15,18H,6-7,13-14,16,29H2,1-2H3/t18-/m1/s1. The molecule has 2 aromatic carbocycles. The van der Waals surface area contributed by atoms with Gasteiger partial charge in [-0.2, -0.15) is 21.6 Å². The van der Waals surface area contributed by atoms with E-state index < -0.39 is 22.2 Å². The molecule has 4 rings (SSSR count). The minimum atomic E-state index is -5.42. The number of rotatable bonds is 7. The number of sulfonamides is 1. The summed E-state index contributed by atoms with van der Waals surface area (Å²) in [7, 11) is -4.72. The van der Waals surface area contributed by atoms with Crippen molar-refractivity contribution in [3.63, 3.8) is 0 Å². The summed E-state index contributed by atoms with van der Waals surface area (Å²) in [5.74, 6) is -2.06.